The van der Waals surface area contributed by atoms with Crippen LogP contribution in [0.2, 0.25) is 0 Å². The fourth-order valence-electron chi connectivity index (χ4n) is 1.38. The van der Waals surface area contributed by atoms with E-state index in [1.165, 1.54) is 18.4 Å². The van der Waals surface area contributed by atoms with Crippen LogP contribution >= 0.6 is 0 Å². The summed E-state index contributed by atoms with van der Waals surface area (Å²) in [5, 5.41) is 8.90. The minimum atomic E-state index is 0.0360. The lowest BCUT2D eigenvalue weighted by Gasteiger charge is -2.04. The first-order chi connectivity index (χ1) is 6.77. The normalized spacial score (nSPS) is 10.1. The van der Waals surface area contributed by atoms with Crippen LogP contribution < -0.4 is 0 Å². The van der Waals surface area contributed by atoms with E-state index in [2.05, 4.69) is 25.6 Å². The van der Waals surface area contributed by atoms with Crippen molar-refractivity contribution in [1.82, 2.24) is 0 Å². The number of hydrogen-bond acceptors (Lipinski definition) is 1. The van der Waals surface area contributed by atoms with Gasteiger partial charge >= 0.3 is 0 Å². The van der Waals surface area contributed by atoms with Gasteiger partial charge in [0.25, 0.3) is 0 Å². The van der Waals surface area contributed by atoms with Crippen molar-refractivity contribution in [2.24, 2.45) is 0 Å². The summed E-state index contributed by atoms with van der Waals surface area (Å²) in [6.45, 7) is 6.02. The van der Waals surface area contributed by atoms with Crippen LogP contribution in [0.25, 0.3) is 5.57 Å². The monoisotopic (exact) mass is 190 g/mol. The third-order valence-corrected chi connectivity index (χ3v) is 2.37. The summed E-state index contributed by atoms with van der Waals surface area (Å²) < 4.78 is 0. The number of benzene rings is 1. The molecule has 1 aromatic carbocycles. The molecule has 0 atom stereocenters. The summed E-state index contributed by atoms with van der Waals surface area (Å²) in [5.41, 5.74) is 3.18. The molecule has 0 amide bonds. The fraction of sp³-hybridized carbons (Fsp3) is 0.385. The van der Waals surface area contributed by atoms with Crippen LogP contribution in [0.1, 0.15) is 30.9 Å². The molecular formula is C13H18O. The molecule has 0 aliphatic rings. The van der Waals surface area contributed by atoms with E-state index >= 15 is 0 Å². The summed E-state index contributed by atoms with van der Waals surface area (Å²) in [7, 11) is 0. The van der Waals surface area contributed by atoms with Gasteiger partial charge in [0.05, 0.1) is 6.61 Å². The summed E-state index contributed by atoms with van der Waals surface area (Å²) in [6, 6.07) is 8.30. The predicted molar refractivity (Wildman–Crippen MR) is 61.2 cm³/mol. The van der Waals surface area contributed by atoms with E-state index in [0.29, 0.717) is 0 Å². The van der Waals surface area contributed by atoms with Crippen LogP contribution in [0.3, 0.4) is 0 Å². The molecule has 76 valence electrons. The van der Waals surface area contributed by atoms with Gasteiger partial charge in [-0.3, -0.25) is 0 Å². The van der Waals surface area contributed by atoms with E-state index in [1.54, 1.807) is 0 Å². The summed E-state index contributed by atoms with van der Waals surface area (Å²) in [6.07, 6.45) is 3.60. The Hall–Kier alpha value is -1.08. The number of aliphatic hydroxyl groups is 1. The zero-order valence-corrected chi connectivity index (χ0v) is 8.79. The number of hydrogen-bond donors (Lipinski definition) is 1. The third kappa shape index (κ3) is 3.00. The van der Waals surface area contributed by atoms with Crippen molar-refractivity contribution in [2.45, 2.75) is 26.2 Å². The van der Waals surface area contributed by atoms with E-state index < -0.39 is 0 Å². The van der Waals surface area contributed by atoms with Gasteiger partial charge in [0.2, 0.25) is 0 Å². The lowest BCUT2D eigenvalue weighted by molar-refractivity contribution is 0.350. The summed E-state index contributed by atoms with van der Waals surface area (Å²) in [5.74, 6) is 0. The van der Waals surface area contributed by atoms with Crippen LogP contribution in [0.4, 0.5) is 0 Å². The maximum absolute atomic E-state index is 8.90. The quantitative estimate of drug-likeness (QED) is 0.756. The molecule has 14 heavy (non-hydrogen) atoms. The molecular weight excluding hydrogens is 172 g/mol. The Morgan fingerprint density at radius 1 is 1.29 bits per heavy atom. The van der Waals surface area contributed by atoms with Gasteiger partial charge in [0.1, 0.15) is 0 Å². The van der Waals surface area contributed by atoms with E-state index in [-0.39, 0.29) is 6.61 Å². The predicted octanol–water partition coefficient (Wildman–Crippen LogP) is 3.03. The van der Waals surface area contributed by atoms with Crippen molar-refractivity contribution >= 4 is 5.57 Å². The maximum atomic E-state index is 8.90. The van der Waals surface area contributed by atoms with Crippen LogP contribution in [0.5, 0.6) is 0 Å². The Morgan fingerprint density at radius 3 is 2.43 bits per heavy atom. The standard InChI is InChI=1S/C13H18O/c1-3-4-5-12-6-8-13(9-7-12)11(2)10-14/h6-9,14H,2-5,10H2,1H3. The van der Waals surface area contributed by atoms with Gasteiger partial charge in [-0.25, -0.2) is 0 Å². The first kappa shape index (κ1) is 11.0. The van der Waals surface area contributed by atoms with Crippen molar-refractivity contribution in [2.75, 3.05) is 6.61 Å². The smallest absolute Gasteiger partial charge is 0.0681 e. The molecule has 1 rings (SSSR count). The van der Waals surface area contributed by atoms with Gasteiger partial charge in [-0.2, -0.15) is 0 Å². The Balaban J connectivity index is 2.63. The Kier molecular flexibility index (Phi) is 4.41. The second kappa shape index (κ2) is 5.61. The molecule has 0 aliphatic heterocycles. The first-order valence-electron chi connectivity index (χ1n) is 5.16. The highest BCUT2D eigenvalue weighted by molar-refractivity contribution is 5.63. The Labute approximate surface area is 86.1 Å². The SMILES string of the molecule is C=C(CO)c1ccc(CCCC)cc1. The second-order valence-electron chi connectivity index (χ2n) is 3.56. The van der Waals surface area contributed by atoms with E-state index in [9.17, 15) is 0 Å². The highest BCUT2D eigenvalue weighted by atomic mass is 16.3. The van der Waals surface area contributed by atoms with Crippen molar-refractivity contribution in [3.8, 4) is 0 Å². The molecule has 0 radical (unpaired) electrons. The molecule has 0 aromatic heterocycles. The fourth-order valence-corrected chi connectivity index (χ4v) is 1.38. The molecule has 0 heterocycles. The maximum Gasteiger partial charge on any atom is 0.0681 e. The molecule has 0 fully saturated rings. The molecule has 0 saturated heterocycles. The number of aliphatic hydroxyl groups excluding tert-OH is 1. The van der Waals surface area contributed by atoms with Gasteiger partial charge < -0.3 is 5.11 Å². The summed E-state index contributed by atoms with van der Waals surface area (Å²) >= 11 is 0. The molecule has 0 unspecified atom stereocenters. The van der Waals surface area contributed by atoms with Crippen LogP contribution in [-0.4, -0.2) is 11.7 Å². The third-order valence-electron chi connectivity index (χ3n) is 2.37. The summed E-state index contributed by atoms with van der Waals surface area (Å²) in [4.78, 5) is 0. The molecule has 0 bridgehead atoms. The first-order valence-corrected chi connectivity index (χ1v) is 5.16. The second-order valence-corrected chi connectivity index (χ2v) is 3.56. The minimum Gasteiger partial charge on any atom is -0.392 e. The average Bonchev–Trinajstić information content (AvgIpc) is 2.26. The number of unbranched alkanes of at least 4 members (excludes halogenated alkanes) is 1. The topological polar surface area (TPSA) is 20.2 Å². The van der Waals surface area contributed by atoms with Gasteiger partial charge in [-0.05, 0) is 29.5 Å². The van der Waals surface area contributed by atoms with E-state index in [1.807, 2.05) is 12.1 Å². The van der Waals surface area contributed by atoms with Crippen molar-refractivity contribution in [3.63, 3.8) is 0 Å². The zero-order valence-electron chi connectivity index (χ0n) is 8.79. The average molecular weight is 190 g/mol. The molecule has 0 aliphatic carbocycles. The van der Waals surface area contributed by atoms with E-state index in [0.717, 1.165) is 17.6 Å². The molecule has 1 nitrogen and oxygen atoms in total. The highest BCUT2D eigenvalue weighted by Gasteiger charge is 1.97. The van der Waals surface area contributed by atoms with E-state index in [4.69, 9.17) is 5.11 Å². The van der Waals surface area contributed by atoms with Gasteiger partial charge in [0.15, 0.2) is 0 Å². The van der Waals surface area contributed by atoms with Gasteiger partial charge in [-0.1, -0.05) is 44.2 Å². The number of rotatable bonds is 5. The molecule has 1 N–H and O–H groups in total. The van der Waals surface area contributed by atoms with Crippen molar-refractivity contribution < 1.29 is 5.11 Å². The van der Waals surface area contributed by atoms with Crippen LogP contribution in [-0.2, 0) is 6.42 Å². The lowest BCUT2D eigenvalue weighted by Crippen LogP contribution is -1.90. The van der Waals surface area contributed by atoms with Gasteiger partial charge in [-0.15, -0.1) is 0 Å². The van der Waals surface area contributed by atoms with Gasteiger partial charge in [0, 0.05) is 0 Å². The van der Waals surface area contributed by atoms with Crippen molar-refractivity contribution in [1.29, 1.82) is 0 Å². The largest absolute Gasteiger partial charge is 0.392 e. The number of aryl methyl sites for hydroxylation is 1. The highest BCUT2D eigenvalue weighted by Crippen LogP contribution is 2.13. The van der Waals surface area contributed by atoms with Crippen molar-refractivity contribution in [3.05, 3.63) is 42.0 Å². The molecule has 1 heteroatoms. The zero-order chi connectivity index (χ0) is 10.4. The molecule has 1 aromatic rings. The van der Waals surface area contributed by atoms with Crippen LogP contribution in [0.15, 0.2) is 30.8 Å². The van der Waals surface area contributed by atoms with Crippen LogP contribution in [0, 0.1) is 0 Å². The lowest BCUT2D eigenvalue weighted by atomic mass is 10.0. The Morgan fingerprint density at radius 2 is 1.93 bits per heavy atom. The molecule has 0 saturated carbocycles. The minimum absolute atomic E-state index is 0.0360. The Bertz CT molecular complexity index is 285. The molecule has 0 spiro atoms.